The third-order valence-corrected chi connectivity index (χ3v) is 4.61. The topological polar surface area (TPSA) is 77.1 Å². The minimum atomic E-state index is -0.560. The number of halogens is 1. The molecule has 25 heavy (non-hydrogen) atoms. The first-order valence-electron chi connectivity index (χ1n) is 7.75. The van der Waals surface area contributed by atoms with E-state index in [9.17, 15) is 9.59 Å². The van der Waals surface area contributed by atoms with E-state index in [1.165, 1.54) is 16.0 Å². The molecule has 2 aromatic heterocycles. The van der Waals surface area contributed by atoms with Crippen LogP contribution in [0.15, 0.2) is 51.0 Å². The summed E-state index contributed by atoms with van der Waals surface area (Å²) in [5.41, 5.74) is 1.06. The SMILES string of the molecule is O=C(CCn1nc(-c2cccs2)oc1=O)NCCc1cccc(Cl)c1. The Morgan fingerprint density at radius 3 is 2.96 bits per heavy atom. The van der Waals surface area contributed by atoms with Crippen molar-refractivity contribution < 1.29 is 9.21 Å². The lowest BCUT2D eigenvalue weighted by Gasteiger charge is -2.05. The molecular formula is C17H16ClN3O3S. The molecule has 3 rings (SSSR count). The molecule has 6 nitrogen and oxygen atoms in total. The zero-order valence-electron chi connectivity index (χ0n) is 13.3. The molecule has 8 heteroatoms. The van der Waals surface area contributed by atoms with E-state index in [1.807, 2.05) is 41.8 Å². The molecule has 2 heterocycles. The van der Waals surface area contributed by atoms with Crippen molar-refractivity contribution in [3.8, 4) is 10.8 Å². The van der Waals surface area contributed by atoms with Gasteiger partial charge in [-0.2, -0.15) is 4.68 Å². The number of rotatable bonds is 7. The smallest absolute Gasteiger partial charge is 0.387 e. The zero-order valence-corrected chi connectivity index (χ0v) is 14.8. The second-order valence-corrected chi connectivity index (χ2v) is 6.74. The fraction of sp³-hybridized carbons (Fsp3) is 0.235. The Bertz CT molecular complexity index is 902. The maximum absolute atomic E-state index is 11.9. The van der Waals surface area contributed by atoms with Crippen molar-refractivity contribution in [1.82, 2.24) is 15.1 Å². The monoisotopic (exact) mass is 377 g/mol. The summed E-state index contributed by atoms with van der Waals surface area (Å²) < 4.78 is 6.28. The average Bonchev–Trinajstić information content (AvgIpc) is 3.23. The molecule has 0 bridgehead atoms. The summed E-state index contributed by atoms with van der Waals surface area (Å²) in [5, 5.41) is 9.49. The van der Waals surface area contributed by atoms with Gasteiger partial charge in [0, 0.05) is 18.0 Å². The summed E-state index contributed by atoms with van der Waals surface area (Å²) in [6.45, 7) is 0.685. The van der Waals surface area contributed by atoms with Gasteiger partial charge in [-0.3, -0.25) is 4.79 Å². The number of amides is 1. The Kier molecular flexibility index (Phi) is 5.67. The molecule has 0 aliphatic rings. The van der Waals surface area contributed by atoms with Crippen molar-refractivity contribution in [3.05, 3.63) is 62.9 Å². The quantitative estimate of drug-likeness (QED) is 0.686. The summed E-state index contributed by atoms with van der Waals surface area (Å²) in [7, 11) is 0. The van der Waals surface area contributed by atoms with Gasteiger partial charge in [0.15, 0.2) is 0 Å². The maximum atomic E-state index is 11.9. The van der Waals surface area contributed by atoms with E-state index in [0.717, 1.165) is 10.4 Å². The summed E-state index contributed by atoms with van der Waals surface area (Å²) >= 11 is 7.36. The van der Waals surface area contributed by atoms with Crippen molar-refractivity contribution >= 4 is 28.8 Å². The van der Waals surface area contributed by atoms with Gasteiger partial charge in [0.2, 0.25) is 5.91 Å². The Labute approximate surface area is 153 Å². The van der Waals surface area contributed by atoms with E-state index in [1.54, 1.807) is 0 Å². The van der Waals surface area contributed by atoms with Crippen molar-refractivity contribution in [2.75, 3.05) is 6.54 Å². The number of nitrogens with one attached hydrogen (secondary N) is 1. The number of benzene rings is 1. The Hall–Kier alpha value is -2.38. The average molecular weight is 378 g/mol. The highest BCUT2D eigenvalue weighted by molar-refractivity contribution is 7.13. The number of aryl methyl sites for hydroxylation is 1. The van der Waals surface area contributed by atoms with Crippen LogP contribution in [-0.2, 0) is 17.8 Å². The Balaban J connectivity index is 1.47. The third-order valence-electron chi connectivity index (χ3n) is 3.51. The normalized spacial score (nSPS) is 10.8. The van der Waals surface area contributed by atoms with Gasteiger partial charge in [0.05, 0.1) is 11.4 Å². The Morgan fingerprint density at radius 1 is 1.32 bits per heavy atom. The number of hydrogen-bond acceptors (Lipinski definition) is 5. The molecule has 0 aliphatic carbocycles. The standard InChI is InChI=1S/C17H16ClN3O3S/c18-13-4-1-3-12(11-13)6-8-19-15(22)7-9-21-17(23)24-16(20-21)14-5-2-10-25-14/h1-5,10-11H,6-9H2,(H,19,22). The highest BCUT2D eigenvalue weighted by Gasteiger charge is 2.12. The number of nitrogens with zero attached hydrogens (tertiary/aromatic N) is 2. The van der Waals surface area contributed by atoms with E-state index < -0.39 is 5.76 Å². The zero-order chi connectivity index (χ0) is 17.6. The summed E-state index contributed by atoms with van der Waals surface area (Å²) in [6, 6.07) is 11.2. The lowest BCUT2D eigenvalue weighted by Crippen LogP contribution is -2.28. The fourth-order valence-corrected chi connectivity index (χ4v) is 3.14. The molecule has 0 fully saturated rings. The van der Waals surface area contributed by atoms with Gasteiger partial charge in [-0.05, 0) is 35.6 Å². The maximum Gasteiger partial charge on any atom is 0.437 e. The van der Waals surface area contributed by atoms with Gasteiger partial charge in [0.1, 0.15) is 0 Å². The predicted molar refractivity (Wildman–Crippen MR) is 96.9 cm³/mol. The Morgan fingerprint density at radius 2 is 2.20 bits per heavy atom. The van der Waals surface area contributed by atoms with Crippen molar-refractivity contribution in [2.45, 2.75) is 19.4 Å². The van der Waals surface area contributed by atoms with Crippen LogP contribution >= 0.6 is 22.9 Å². The van der Waals surface area contributed by atoms with Gasteiger partial charge in [-0.15, -0.1) is 16.4 Å². The van der Waals surface area contributed by atoms with Gasteiger partial charge in [-0.25, -0.2) is 4.79 Å². The molecule has 1 N–H and O–H groups in total. The minimum Gasteiger partial charge on any atom is -0.387 e. The second kappa shape index (κ2) is 8.13. The predicted octanol–water partition coefficient (Wildman–Crippen LogP) is 2.97. The largest absolute Gasteiger partial charge is 0.437 e. The first-order chi connectivity index (χ1) is 12.1. The molecule has 130 valence electrons. The van der Waals surface area contributed by atoms with Gasteiger partial charge in [-0.1, -0.05) is 29.8 Å². The molecule has 0 radical (unpaired) electrons. The van der Waals surface area contributed by atoms with E-state index in [-0.39, 0.29) is 24.8 Å². The lowest BCUT2D eigenvalue weighted by atomic mass is 10.1. The van der Waals surface area contributed by atoms with Crippen LogP contribution in [0.25, 0.3) is 10.8 Å². The molecule has 0 saturated heterocycles. The lowest BCUT2D eigenvalue weighted by molar-refractivity contribution is -0.121. The van der Waals surface area contributed by atoms with Crippen LogP contribution in [-0.4, -0.2) is 22.2 Å². The molecule has 0 aliphatic heterocycles. The fourth-order valence-electron chi connectivity index (χ4n) is 2.28. The number of thiophene rings is 1. The summed E-state index contributed by atoms with van der Waals surface area (Å²) in [5.74, 6) is -0.425. The van der Waals surface area contributed by atoms with Crippen molar-refractivity contribution in [1.29, 1.82) is 0 Å². The van der Waals surface area contributed by atoms with Crippen LogP contribution in [0.4, 0.5) is 0 Å². The molecule has 1 amide bonds. The number of carbonyl (C=O) groups excluding carboxylic acids is 1. The molecular weight excluding hydrogens is 362 g/mol. The number of carbonyl (C=O) groups is 1. The van der Waals surface area contributed by atoms with Crippen LogP contribution in [0.1, 0.15) is 12.0 Å². The molecule has 0 atom stereocenters. The number of aromatic nitrogens is 2. The molecule has 0 unspecified atom stereocenters. The molecule has 1 aromatic carbocycles. The molecule has 0 spiro atoms. The van der Waals surface area contributed by atoms with E-state index in [4.69, 9.17) is 16.0 Å². The summed E-state index contributed by atoms with van der Waals surface area (Å²) in [6.07, 6.45) is 0.852. The van der Waals surface area contributed by atoms with Crippen LogP contribution in [0.3, 0.4) is 0 Å². The molecule has 3 aromatic rings. The first-order valence-corrected chi connectivity index (χ1v) is 9.00. The van der Waals surface area contributed by atoms with Gasteiger partial charge in [0.25, 0.3) is 5.89 Å². The minimum absolute atomic E-state index is 0.144. The summed E-state index contributed by atoms with van der Waals surface area (Å²) in [4.78, 5) is 24.5. The van der Waals surface area contributed by atoms with Crippen molar-refractivity contribution in [3.63, 3.8) is 0 Å². The highest BCUT2D eigenvalue weighted by Crippen LogP contribution is 2.21. The van der Waals surface area contributed by atoms with E-state index in [0.29, 0.717) is 18.0 Å². The van der Waals surface area contributed by atoms with Crippen LogP contribution in [0.2, 0.25) is 5.02 Å². The highest BCUT2D eigenvalue weighted by atomic mass is 35.5. The van der Waals surface area contributed by atoms with Gasteiger partial charge >= 0.3 is 5.76 Å². The van der Waals surface area contributed by atoms with E-state index >= 15 is 0 Å². The second-order valence-electron chi connectivity index (χ2n) is 5.35. The third kappa shape index (κ3) is 4.80. The van der Waals surface area contributed by atoms with Crippen LogP contribution in [0, 0.1) is 0 Å². The van der Waals surface area contributed by atoms with Crippen LogP contribution in [0.5, 0.6) is 0 Å². The molecule has 0 saturated carbocycles. The van der Waals surface area contributed by atoms with Crippen LogP contribution < -0.4 is 11.1 Å². The van der Waals surface area contributed by atoms with Crippen molar-refractivity contribution in [2.24, 2.45) is 0 Å². The number of hydrogen-bond donors (Lipinski definition) is 1. The van der Waals surface area contributed by atoms with E-state index in [2.05, 4.69) is 10.4 Å². The van der Waals surface area contributed by atoms with Gasteiger partial charge < -0.3 is 9.73 Å². The first kappa shape index (κ1) is 17.4.